The summed E-state index contributed by atoms with van der Waals surface area (Å²) in [5, 5.41) is 6.17. The highest BCUT2D eigenvalue weighted by atomic mass is 79.9. The number of rotatable bonds is 6. The summed E-state index contributed by atoms with van der Waals surface area (Å²) in [5.41, 5.74) is -0.602. The molecule has 2 saturated heterocycles. The van der Waals surface area contributed by atoms with Crippen LogP contribution >= 0.6 is 15.9 Å². The molecule has 2 aromatic rings. The third kappa shape index (κ3) is 4.61. The second-order valence-corrected chi connectivity index (χ2v) is 12.4. The van der Waals surface area contributed by atoms with E-state index in [0.717, 1.165) is 36.6 Å². The van der Waals surface area contributed by atoms with Crippen molar-refractivity contribution in [1.82, 2.24) is 10.2 Å². The third-order valence-corrected chi connectivity index (χ3v) is 9.48. The normalized spacial score (nSPS) is 31.7. The Morgan fingerprint density at radius 2 is 1.76 bits per heavy atom. The average molecular weight is 623 g/mol. The molecule has 5 aliphatic rings. The lowest BCUT2D eigenvalue weighted by Gasteiger charge is -2.36. The summed E-state index contributed by atoms with van der Waals surface area (Å²) in [5.74, 6) is -1.18. The number of amides is 3. The molecular weight excluding hydrogens is 590 g/mol. The molecule has 3 amide bonds. The van der Waals surface area contributed by atoms with E-state index in [0.29, 0.717) is 17.2 Å². The molecule has 41 heavy (non-hydrogen) atoms. The molecule has 2 bridgehead atoms. The number of carbonyl (C=O) groups is 3. The van der Waals surface area contributed by atoms with Crippen molar-refractivity contribution in [1.29, 1.82) is 0 Å². The van der Waals surface area contributed by atoms with Gasteiger partial charge in [-0.25, -0.2) is 0 Å². The number of carbonyl (C=O) groups excluding carboxylic acids is 3. The Morgan fingerprint density at radius 3 is 2.54 bits per heavy atom. The van der Waals surface area contributed by atoms with Crippen LogP contribution in [0.2, 0.25) is 0 Å². The van der Waals surface area contributed by atoms with E-state index in [-0.39, 0.29) is 36.9 Å². The van der Waals surface area contributed by atoms with Crippen LogP contribution in [-0.2, 0) is 19.1 Å². The van der Waals surface area contributed by atoms with Crippen LogP contribution in [0.1, 0.15) is 32.1 Å². The van der Waals surface area contributed by atoms with Crippen LogP contribution in [0, 0.1) is 11.8 Å². The molecule has 0 aromatic heterocycles. The van der Waals surface area contributed by atoms with Crippen LogP contribution in [0.3, 0.4) is 0 Å². The van der Waals surface area contributed by atoms with E-state index in [1.165, 1.54) is 0 Å². The number of fused-ring (bicyclic) bond motifs is 2. The summed E-state index contributed by atoms with van der Waals surface area (Å²) in [6.07, 6.45) is 7.71. The first-order chi connectivity index (χ1) is 19.9. The lowest BCUT2D eigenvalue weighted by molar-refractivity contribution is -0.143. The Hall–Kier alpha value is -3.37. The lowest BCUT2D eigenvalue weighted by atomic mass is 9.74. The topological polar surface area (TPSA) is 106 Å². The van der Waals surface area contributed by atoms with E-state index in [1.807, 2.05) is 48.6 Å². The first kappa shape index (κ1) is 26.5. The zero-order chi connectivity index (χ0) is 28.1. The van der Waals surface area contributed by atoms with Gasteiger partial charge in [-0.15, -0.1) is 0 Å². The van der Waals surface area contributed by atoms with Crippen LogP contribution in [-0.4, -0.2) is 65.7 Å². The molecule has 7 rings (SSSR count). The maximum Gasteiger partial charge on any atom is 0.246 e. The molecule has 6 atom stereocenters. The number of anilines is 1. The average Bonchev–Trinajstić information content (AvgIpc) is 3.62. The Bertz CT molecular complexity index is 1390. The first-order valence-corrected chi connectivity index (χ1v) is 15.2. The fourth-order valence-corrected chi connectivity index (χ4v) is 7.39. The van der Waals surface area contributed by atoms with E-state index in [2.05, 4.69) is 26.6 Å². The smallest absolute Gasteiger partial charge is 0.246 e. The molecule has 2 aromatic carbocycles. The van der Waals surface area contributed by atoms with Crippen molar-refractivity contribution in [3.8, 4) is 11.5 Å². The summed E-state index contributed by atoms with van der Waals surface area (Å²) in [6, 6.07) is 13.8. The minimum absolute atomic E-state index is 0.0591. The monoisotopic (exact) mass is 621 g/mol. The summed E-state index contributed by atoms with van der Waals surface area (Å²) < 4.78 is 19.5. The maximum absolute atomic E-state index is 14.3. The molecular formula is C31H32BrN3O6. The highest BCUT2D eigenvalue weighted by molar-refractivity contribution is 9.10. The molecule has 4 heterocycles. The van der Waals surface area contributed by atoms with Gasteiger partial charge in [-0.2, -0.15) is 0 Å². The van der Waals surface area contributed by atoms with E-state index in [1.54, 1.807) is 17.0 Å². The van der Waals surface area contributed by atoms with E-state index in [9.17, 15) is 14.4 Å². The van der Waals surface area contributed by atoms with E-state index >= 15 is 0 Å². The largest absolute Gasteiger partial charge is 0.486 e. The Labute approximate surface area is 246 Å². The van der Waals surface area contributed by atoms with Gasteiger partial charge in [0.2, 0.25) is 17.7 Å². The van der Waals surface area contributed by atoms with Gasteiger partial charge in [0, 0.05) is 16.2 Å². The number of halogens is 1. The summed E-state index contributed by atoms with van der Waals surface area (Å²) in [6.45, 7) is 0.374. The van der Waals surface area contributed by atoms with Gasteiger partial charge in [-0.3, -0.25) is 14.4 Å². The molecule has 214 valence electrons. The molecule has 9 nitrogen and oxygen atoms in total. The SMILES string of the molecule is O=C(Nc1ccc(Br)cc1)[C@H]1[C@H]2C=C[C@]3(O2)[C@H](C(=O)NC2CCCCC2)N(C[C@@H]2COc4ccccc4O2)C(=O)[C@@H]13. The van der Waals surface area contributed by atoms with Gasteiger partial charge in [-0.1, -0.05) is 59.5 Å². The number of benzene rings is 2. The molecule has 0 unspecified atom stereocenters. The molecule has 3 fully saturated rings. The van der Waals surface area contributed by atoms with Gasteiger partial charge in [-0.05, 0) is 49.2 Å². The Balaban J connectivity index is 1.18. The number of nitrogens with one attached hydrogen (secondary N) is 2. The second-order valence-electron chi connectivity index (χ2n) is 11.5. The van der Waals surface area contributed by atoms with Crippen molar-refractivity contribution < 1.29 is 28.6 Å². The summed E-state index contributed by atoms with van der Waals surface area (Å²) >= 11 is 3.41. The maximum atomic E-state index is 14.3. The molecule has 4 aliphatic heterocycles. The van der Waals surface area contributed by atoms with Gasteiger partial charge >= 0.3 is 0 Å². The predicted octanol–water partition coefficient (Wildman–Crippen LogP) is 3.83. The predicted molar refractivity (Wildman–Crippen MR) is 153 cm³/mol. The quantitative estimate of drug-likeness (QED) is 0.475. The fraction of sp³-hybridized carbons (Fsp3) is 0.452. The minimum atomic E-state index is -1.23. The zero-order valence-electron chi connectivity index (χ0n) is 22.5. The third-order valence-electron chi connectivity index (χ3n) is 8.96. The van der Waals surface area contributed by atoms with Crippen LogP contribution in [0.4, 0.5) is 5.69 Å². The van der Waals surface area contributed by atoms with Crippen LogP contribution in [0.25, 0.3) is 0 Å². The first-order valence-electron chi connectivity index (χ1n) is 14.4. The highest BCUT2D eigenvalue weighted by Crippen LogP contribution is 2.55. The Morgan fingerprint density at radius 1 is 1.00 bits per heavy atom. The van der Waals surface area contributed by atoms with Crippen LogP contribution < -0.4 is 20.1 Å². The zero-order valence-corrected chi connectivity index (χ0v) is 24.0. The number of hydrogen-bond donors (Lipinski definition) is 2. The Kier molecular flexibility index (Phi) is 6.78. The standard InChI is InChI=1S/C31H32BrN3O6/c32-18-10-12-20(13-11-18)33-28(36)25-24-14-15-31(41-24)26(25)30(38)35(27(31)29(37)34-19-6-2-1-3-7-19)16-21-17-39-22-8-4-5-9-23(22)40-21/h4-5,8-15,19,21,24-27H,1-3,6-7,16-17H2,(H,33,36)(H,34,37)/t21-,24-,25+,26-,27+,31-/m1/s1. The summed E-state index contributed by atoms with van der Waals surface area (Å²) in [7, 11) is 0. The van der Waals surface area contributed by atoms with E-state index in [4.69, 9.17) is 14.2 Å². The van der Waals surface area contributed by atoms with Crippen molar-refractivity contribution in [3.63, 3.8) is 0 Å². The van der Waals surface area contributed by atoms with Crippen LogP contribution in [0.15, 0.2) is 65.2 Å². The molecule has 1 aliphatic carbocycles. The van der Waals surface area contributed by atoms with Crippen molar-refractivity contribution in [3.05, 3.63) is 65.2 Å². The van der Waals surface area contributed by atoms with Gasteiger partial charge in [0.15, 0.2) is 17.6 Å². The minimum Gasteiger partial charge on any atom is -0.486 e. The van der Waals surface area contributed by atoms with Gasteiger partial charge in [0.25, 0.3) is 0 Å². The number of nitrogens with zero attached hydrogens (tertiary/aromatic N) is 1. The number of ether oxygens (including phenoxy) is 3. The molecule has 0 radical (unpaired) electrons. The van der Waals surface area contributed by atoms with E-state index < -0.39 is 35.7 Å². The molecule has 1 spiro atoms. The highest BCUT2D eigenvalue weighted by Gasteiger charge is 2.73. The number of likely N-dealkylation sites (tertiary alicyclic amines) is 1. The van der Waals surface area contributed by atoms with Gasteiger partial charge in [0.1, 0.15) is 18.2 Å². The van der Waals surface area contributed by atoms with Gasteiger partial charge in [0.05, 0.1) is 24.5 Å². The second kappa shape index (κ2) is 10.5. The van der Waals surface area contributed by atoms with Crippen molar-refractivity contribution in [2.45, 2.75) is 62.0 Å². The van der Waals surface area contributed by atoms with Gasteiger partial charge < -0.3 is 29.7 Å². The molecule has 1 saturated carbocycles. The van der Waals surface area contributed by atoms with Crippen molar-refractivity contribution >= 4 is 39.3 Å². The fourth-order valence-electron chi connectivity index (χ4n) is 7.12. The molecule has 2 N–H and O–H groups in total. The van der Waals surface area contributed by atoms with Crippen molar-refractivity contribution in [2.24, 2.45) is 11.8 Å². The van der Waals surface area contributed by atoms with Crippen LogP contribution in [0.5, 0.6) is 11.5 Å². The summed E-state index contributed by atoms with van der Waals surface area (Å²) in [4.78, 5) is 43.5. The number of hydrogen-bond acceptors (Lipinski definition) is 6. The lowest BCUT2D eigenvalue weighted by Crippen LogP contribution is -2.58. The molecule has 10 heteroatoms. The van der Waals surface area contributed by atoms with Crippen molar-refractivity contribution in [2.75, 3.05) is 18.5 Å². The number of para-hydroxylation sites is 2.